The number of ether oxygens (including phenoxy) is 1. The number of hydrogen-bond donors (Lipinski definition) is 1. The summed E-state index contributed by atoms with van der Waals surface area (Å²) in [7, 11) is 1.63. The van der Waals surface area contributed by atoms with E-state index in [4.69, 9.17) is 9.15 Å². The van der Waals surface area contributed by atoms with Gasteiger partial charge in [-0.1, -0.05) is 18.1 Å². The fraction of sp³-hybridized carbons (Fsp3) is 0.167. The van der Waals surface area contributed by atoms with Gasteiger partial charge in [-0.25, -0.2) is 0 Å². The smallest absolute Gasteiger partial charge is 0.137 e. The number of benzene rings is 2. The molecule has 112 valence electrons. The third-order valence-corrected chi connectivity index (χ3v) is 3.70. The minimum atomic E-state index is 0.502. The van der Waals surface area contributed by atoms with Gasteiger partial charge in [0.05, 0.1) is 7.11 Å². The average Bonchev–Trinajstić information content (AvgIpc) is 2.60. The molecule has 0 spiro atoms. The Bertz CT molecular complexity index is 864. The largest absolute Gasteiger partial charge is 0.497 e. The van der Waals surface area contributed by atoms with Gasteiger partial charge in [0.1, 0.15) is 22.5 Å². The summed E-state index contributed by atoms with van der Waals surface area (Å²) in [6.45, 7) is 2.08. The van der Waals surface area contributed by atoms with Crippen LogP contribution in [0.15, 0.2) is 58.1 Å². The maximum absolute atomic E-state index is 9.32. The van der Waals surface area contributed by atoms with E-state index in [0.29, 0.717) is 16.7 Å². The molecule has 0 amide bonds. The molecule has 0 radical (unpaired) electrons. The predicted octanol–water partition coefficient (Wildman–Crippen LogP) is 3.96. The van der Waals surface area contributed by atoms with Crippen LogP contribution in [0.2, 0.25) is 0 Å². The van der Waals surface area contributed by atoms with Gasteiger partial charge in [-0.05, 0) is 48.4 Å². The maximum atomic E-state index is 9.32. The van der Waals surface area contributed by atoms with E-state index in [1.165, 1.54) is 5.56 Å². The molecule has 0 aliphatic heterocycles. The molecule has 1 N–H and O–H groups in total. The van der Waals surface area contributed by atoms with Crippen molar-refractivity contribution in [3.8, 4) is 17.1 Å². The van der Waals surface area contributed by atoms with Gasteiger partial charge in [0.15, 0.2) is 0 Å². The standard InChI is InChI=1S/C18H17NO3/c1-3-12-4-9-17-15(10-12)16(19-20)11-18(22-17)13-5-7-14(21-2)8-6-13/h4-11,20H,3H2,1-2H3. The Morgan fingerprint density at radius 1 is 1.09 bits per heavy atom. The summed E-state index contributed by atoms with van der Waals surface area (Å²) in [6, 6.07) is 15.2. The quantitative estimate of drug-likeness (QED) is 0.588. The summed E-state index contributed by atoms with van der Waals surface area (Å²) in [5, 5.41) is 14.0. The highest BCUT2D eigenvalue weighted by Crippen LogP contribution is 2.24. The minimum Gasteiger partial charge on any atom is -0.497 e. The zero-order valence-electron chi connectivity index (χ0n) is 12.5. The number of aryl methyl sites for hydroxylation is 1. The van der Waals surface area contributed by atoms with E-state index in [-0.39, 0.29) is 0 Å². The molecule has 0 bridgehead atoms. The average molecular weight is 295 g/mol. The van der Waals surface area contributed by atoms with Crippen LogP contribution in [-0.4, -0.2) is 12.3 Å². The molecule has 3 rings (SSSR count). The summed E-state index contributed by atoms with van der Waals surface area (Å²) < 4.78 is 11.1. The monoisotopic (exact) mass is 295 g/mol. The number of nitrogens with zero attached hydrogens (tertiary/aromatic N) is 1. The van der Waals surface area contributed by atoms with Gasteiger partial charge in [-0.15, -0.1) is 0 Å². The zero-order valence-corrected chi connectivity index (χ0v) is 12.5. The Labute approximate surface area is 128 Å². The van der Waals surface area contributed by atoms with Gasteiger partial charge < -0.3 is 14.4 Å². The number of methoxy groups -OCH3 is 1. The Hall–Kier alpha value is -2.75. The molecule has 4 heteroatoms. The van der Waals surface area contributed by atoms with Gasteiger partial charge in [0.25, 0.3) is 0 Å². The molecular formula is C18H17NO3. The van der Waals surface area contributed by atoms with Gasteiger partial charge >= 0.3 is 0 Å². The van der Waals surface area contributed by atoms with Crippen molar-refractivity contribution in [2.24, 2.45) is 5.16 Å². The van der Waals surface area contributed by atoms with E-state index in [0.717, 1.165) is 23.1 Å². The van der Waals surface area contributed by atoms with Crippen LogP contribution >= 0.6 is 0 Å². The van der Waals surface area contributed by atoms with E-state index in [1.54, 1.807) is 13.2 Å². The second-order valence-corrected chi connectivity index (χ2v) is 5.01. The van der Waals surface area contributed by atoms with E-state index in [1.807, 2.05) is 42.5 Å². The Morgan fingerprint density at radius 3 is 2.50 bits per heavy atom. The second kappa shape index (κ2) is 5.93. The molecule has 0 saturated heterocycles. The summed E-state index contributed by atoms with van der Waals surface area (Å²) in [4.78, 5) is 0. The zero-order chi connectivity index (χ0) is 15.5. The minimum absolute atomic E-state index is 0.502. The first kappa shape index (κ1) is 14.2. The van der Waals surface area contributed by atoms with Crippen molar-refractivity contribution in [1.29, 1.82) is 0 Å². The van der Waals surface area contributed by atoms with E-state index in [2.05, 4.69) is 12.1 Å². The van der Waals surface area contributed by atoms with Crippen LogP contribution in [0.3, 0.4) is 0 Å². The lowest BCUT2D eigenvalue weighted by Gasteiger charge is -2.06. The first-order chi connectivity index (χ1) is 10.7. The lowest BCUT2D eigenvalue weighted by molar-refractivity contribution is 0.302. The van der Waals surface area contributed by atoms with Crippen LogP contribution in [0.1, 0.15) is 12.5 Å². The van der Waals surface area contributed by atoms with Crippen LogP contribution < -0.4 is 10.1 Å². The van der Waals surface area contributed by atoms with Crippen LogP contribution in [0.5, 0.6) is 5.75 Å². The van der Waals surface area contributed by atoms with Crippen molar-refractivity contribution >= 4 is 11.0 Å². The van der Waals surface area contributed by atoms with Crippen molar-refractivity contribution in [2.45, 2.75) is 13.3 Å². The second-order valence-electron chi connectivity index (χ2n) is 5.01. The predicted molar refractivity (Wildman–Crippen MR) is 84.9 cm³/mol. The molecule has 0 aliphatic rings. The van der Waals surface area contributed by atoms with Crippen molar-refractivity contribution in [3.63, 3.8) is 0 Å². The van der Waals surface area contributed by atoms with Crippen LogP contribution in [0.25, 0.3) is 22.3 Å². The van der Waals surface area contributed by atoms with Gasteiger partial charge in [-0.2, -0.15) is 0 Å². The summed E-state index contributed by atoms with van der Waals surface area (Å²) in [5.74, 6) is 1.43. The van der Waals surface area contributed by atoms with E-state index in [9.17, 15) is 5.21 Å². The van der Waals surface area contributed by atoms with Crippen molar-refractivity contribution in [1.82, 2.24) is 0 Å². The third kappa shape index (κ3) is 2.55. The van der Waals surface area contributed by atoms with Crippen molar-refractivity contribution in [2.75, 3.05) is 7.11 Å². The van der Waals surface area contributed by atoms with Gasteiger partial charge in [0, 0.05) is 17.0 Å². The molecule has 0 aliphatic carbocycles. The molecule has 0 unspecified atom stereocenters. The Kier molecular flexibility index (Phi) is 3.83. The summed E-state index contributed by atoms with van der Waals surface area (Å²) in [5.41, 5.74) is 2.76. The van der Waals surface area contributed by atoms with Crippen LogP contribution in [-0.2, 0) is 6.42 Å². The lowest BCUT2D eigenvalue weighted by Crippen LogP contribution is -2.04. The highest BCUT2D eigenvalue weighted by molar-refractivity contribution is 5.79. The molecule has 1 heterocycles. The Balaban J connectivity index is 2.19. The third-order valence-electron chi connectivity index (χ3n) is 3.70. The molecule has 1 aromatic heterocycles. The number of rotatable bonds is 3. The first-order valence-corrected chi connectivity index (χ1v) is 7.14. The van der Waals surface area contributed by atoms with Crippen molar-refractivity contribution < 1.29 is 14.4 Å². The van der Waals surface area contributed by atoms with Crippen LogP contribution in [0, 0.1) is 0 Å². The first-order valence-electron chi connectivity index (χ1n) is 7.14. The molecular weight excluding hydrogens is 278 g/mol. The molecule has 4 nitrogen and oxygen atoms in total. The molecule has 0 fully saturated rings. The number of hydrogen-bond acceptors (Lipinski definition) is 4. The van der Waals surface area contributed by atoms with Crippen LogP contribution in [0.4, 0.5) is 0 Å². The molecule has 22 heavy (non-hydrogen) atoms. The molecule has 2 aromatic carbocycles. The van der Waals surface area contributed by atoms with Gasteiger partial charge in [0.2, 0.25) is 0 Å². The highest BCUT2D eigenvalue weighted by Gasteiger charge is 2.07. The summed E-state index contributed by atoms with van der Waals surface area (Å²) in [6.07, 6.45) is 0.918. The lowest BCUT2D eigenvalue weighted by atomic mass is 10.1. The fourth-order valence-electron chi connectivity index (χ4n) is 2.42. The van der Waals surface area contributed by atoms with Crippen molar-refractivity contribution in [3.05, 3.63) is 59.5 Å². The van der Waals surface area contributed by atoms with Gasteiger partial charge in [-0.3, -0.25) is 0 Å². The molecule has 0 atom stereocenters. The maximum Gasteiger partial charge on any atom is 0.137 e. The number of fused-ring (bicyclic) bond motifs is 1. The molecule has 0 saturated carbocycles. The topological polar surface area (TPSA) is 55.0 Å². The molecule has 3 aromatic rings. The Morgan fingerprint density at radius 2 is 1.86 bits per heavy atom. The normalized spacial score (nSPS) is 11.8. The van der Waals surface area contributed by atoms with E-state index < -0.39 is 0 Å². The SMILES string of the molecule is CCc1ccc2oc(-c3ccc(OC)cc3)cc(=NO)c2c1. The highest BCUT2D eigenvalue weighted by atomic mass is 16.5. The van der Waals surface area contributed by atoms with E-state index >= 15 is 0 Å². The fourth-order valence-corrected chi connectivity index (χ4v) is 2.42. The summed E-state index contributed by atoms with van der Waals surface area (Å²) >= 11 is 0.